The van der Waals surface area contributed by atoms with Gasteiger partial charge in [0.2, 0.25) is 0 Å². The highest BCUT2D eigenvalue weighted by molar-refractivity contribution is 5.87. The van der Waals surface area contributed by atoms with Gasteiger partial charge in [0.05, 0.1) is 19.3 Å². The number of aromatic hydroxyl groups is 4. The molecule has 11 atom stereocenters. The molecular formula is C31H38O17. The molecular weight excluding hydrogens is 644 g/mol. The maximum atomic E-state index is 13.0. The van der Waals surface area contributed by atoms with Gasteiger partial charge in [-0.05, 0) is 48.4 Å². The number of carbonyl (C=O) groups excluding carboxylic acids is 2. The number of hydrogen-bond donors (Lipinski definition) is 9. The zero-order valence-electron chi connectivity index (χ0n) is 25.7. The van der Waals surface area contributed by atoms with Crippen molar-refractivity contribution in [2.45, 2.75) is 81.4 Å². The van der Waals surface area contributed by atoms with E-state index in [0.717, 1.165) is 25.1 Å². The van der Waals surface area contributed by atoms with Crippen molar-refractivity contribution < 1.29 is 84.0 Å². The summed E-state index contributed by atoms with van der Waals surface area (Å²) >= 11 is 0. The zero-order valence-corrected chi connectivity index (χ0v) is 25.7. The zero-order chi connectivity index (χ0) is 35.3. The van der Waals surface area contributed by atoms with Crippen LogP contribution in [-0.4, -0.2) is 133 Å². The number of hydrogen-bond acceptors (Lipinski definition) is 17. The van der Waals surface area contributed by atoms with E-state index in [-0.39, 0.29) is 11.3 Å². The Morgan fingerprint density at radius 1 is 0.833 bits per heavy atom. The topological polar surface area (TPSA) is 272 Å². The van der Waals surface area contributed by atoms with Crippen molar-refractivity contribution in [3.05, 3.63) is 53.6 Å². The summed E-state index contributed by atoms with van der Waals surface area (Å²) in [5, 5.41) is 90.8. The van der Waals surface area contributed by atoms with Crippen molar-refractivity contribution in [2.75, 3.05) is 13.2 Å². The van der Waals surface area contributed by atoms with E-state index >= 15 is 0 Å². The van der Waals surface area contributed by atoms with Crippen LogP contribution in [0.3, 0.4) is 0 Å². The van der Waals surface area contributed by atoms with Crippen LogP contribution in [-0.2, 0) is 38.0 Å². The normalized spacial score (nSPS) is 31.3. The predicted molar refractivity (Wildman–Crippen MR) is 158 cm³/mol. The van der Waals surface area contributed by atoms with Crippen LogP contribution >= 0.6 is 0 Å². The van der Waals surface area contributed by atoms with E-state index in [1.54, 1.807) is 0 Å². The first kappa shape index (κ1) is 36.8. The third-order valence-corrected chi connectivity index (χ3v) is 7.64. The number of phenolic OH excluding ortho intramolecular Hbond substituents is 4. The lowest BCUT2D eigenvalue weighted by Crippen LogP contribution is -2.65. The van der Waals surface area contributed by atoms with Gasteiger partial charge in [-0.3, -0.25) is 4.79 Å². The Kier molecular flexibility index (Phi) is 12.2. The second-order valence-corrected chi connectivity index (χ2v) is 11.2. The van der Waals surface area contributed by atoms with Gasteiger partial charge < -0.3 is 74.4 Å². The monoisotopic (exact) mass is 682 g/mol. The number of aliphatic hydroxyl groups is 5. The van der Waals surface area contributed by atoms with E-state index in [2.05, 4.69) is 0 Å². The highest BCUT2D eigenvalue weighted by Crippen LogP contribution is 2.34. The molecule has 17 heteroatoms. The Morgan fingerprint density at radius 3 is 2.12 bits per heavy atom. The van der Waals surface area contributed by atoms with Gasteiger partial charge in [-0.2, -0.15) is 0 Å². The van der Waals surface area contributed by atoms with E-state index in [0.29, 0.717) is 5.56 Å². The molecule has 2 heterocycles. The minimum Gasteiger partial charge on any atom is -0.504 e. The SMILES string of the molecule is CC(=O)OC1C(OCC(O)c2ccc(O)c(O)c2)OC(CO)C(OC(=O)C=Cc2ccc(O)c(O)c2)C1OC1OC(C)C(O)C(O)C1O. The number of rotatable bonds is 11. The van der Waals surface area contributed by atoms with Crippen molar-refractivity contribution in [3.8, 4) is 23.0 Å². The standard InChI is InChI=1S/C31H38O17/c1-13-24(40)25(41)26(42)30(44-13)48-28-27(47-23(39)8-4-15-3-6-17(34)19(36)9-15)22(11-32)46-31(29(28)45-14(2)33)43-12-21(38)16-5-7-18(35)20(37)10-16/h3-10,13,21-22,24-32,34-38,40-42H,11-12H2,1-2H3. The number of benzene rings is 2. The Labute approximate surface area is 273 Å². The molecule has 2 aromatic carbocycles. The molecule has 17 nitrogen and oxygen atoms in total. The van der Waals surface area contributed by atoms with Crippen molar-refractivity contribution in [2.24, 2.45) is 0 Å². The van der Waals surface area contributed by atoms with E-state index in [1.807, 2.05) is 0 Å². The Hall–Kier alpha value is -4.04. The summed E-state index contributed by atoms with van der Waals surface area (Å²) in [5.74, 6) is -3.72. The fraction of sp³-hybridized carbons (Fsp3) is 0.484. The van der Waals surface area contributed by atoms with Gasteiger partial charge >= 0.3 is 11.9 Å². The largest absolute Gasteiger partial charge is 0.504 e. The molecule has 48 heavy (non-hydrogen) atoms. The quantitative estimate of drug-likeness (QED) is 0.0785. The Morgan fingerprint density at radius 2 is 1.50 bits per heavy atom. The van der Waals surface area contributed by atoms with E-state index in [1.165, 1.54) is 37.3 Å². The van der Waals surface area contributed by atoms with Crippen LogP contribution in [0.1, 0.15) is 31.1 Å². The molecule has 0 bridgehead atoms. The predicted octanol–water partition coefficient (Wildman–Crippen LogP) is -0.954. The van der Waals surface area contributed by atoms with Crippen LogP contribution in [0.25, 0.3) is 6.08 Å². The molecule has 0 spiro atoms. The molecule has 0 amide bonds. The second-order valence-electron chi connectivity index (χ2n) is 11.2. The highest BCUT2D eigenvalue weighted by atomic mass is 16.8. The molecule has 0 radical (unpaired) electrons. The summed E-state index contributed by atoms with van der Waals surface area (Å²) < 4.78 is 34.0. The third-order valence-electron chi connectivity index (χ3n) is 7.64. The third kappa shape index (κ3) is 8.70. The number of phenols is 4. The number of aliphatic hydroxyl groups excluding tert-OH is 5. The molecule has 11 unspecified atom stereocenters. The van der Waals surface area contributed by atoms with Crippen LogP contribution in [0.15, 0.2) is 42.5 Å². The van der Waals surface area contributed by atoms with Gasteiger partial charge in [0.25, 0.3) is 0 Å². The van der Waals surface area contributed by atoms with Crippen LogP contribution in [0.5, 0.6) is 23.0 Å². The first-order chi connectivity index (χ1) is 22.7. The lowest BCUT2D eigenvalue weighted by Gasteiger charge is -2.47. The molecule has 0 aromatic heterocycles. The molecule has 2 aliphatic heterocycles. The minimum atomic E-state index is -1.86. The fourth-order valence-electron chi connectivity index (χ4n) is 5.07. The maximum Gasteiger partial charge on any atom is 0.331 e. The van der Waals surface area contributed by atoms with Gasteiger partial charge in [0.1, 0.15) is 36.6 Å². The molecule has 2 fully saturated rings. The summed E-state index contributed by atoms with van der Waals surface area (Å²) in [7, 11) is 0. The van der Waals surface area contributed by atoms with Gasteiger partial charge in [-0.25, -0.2) is 4.79 Å². The van der Waals surface area contributed by atoms with Crippen molar-refractivity contribution in [3.63, 3.8) is 0 Å². The van der Waals surface area contributed by atoms with Crippen molar-refractivity contribution >= 4 is 18.0 Å². The smallest absolute Gasteiger partial charge is 0.331 e. The molecule has 2 saturated heterocycles. The van der Waals surface area contributed by atoms with Gasteiger partial charge in [-0.15, -0.1) is 0 Å². The number of esters is 2. The number of carbonyl (C=O) groups is 2. The minimum absolute atomic E-state index is 0.123. The molecule has 0 saturated carbocycles. The van der Waals surface area contributed by atoms with E-state index < -0.39 is 110 Å². The lowest BCUT2D eigenvalue weighted by atomic mass is 9.96. The molecule has 264 valence electrons. The van der Waals surface area contributed by atoms with Gasteiger partial charge in [0.15, 0.2) is 47.8 Å². The van der Waals surface area contributed by atoms with E-state index in [4.69, 9.17) is 28.4 Å². The van der Waals surface area contributed by atoms with Gasteiger partial charge in [-0.1, -0.05) is 12.1 Å². The summed E-state index contributed by atoms with van der Waals surface area (Å²) in [6.07, 6.45) is -15.1. The molecule has 0 aliphatic carbocycles. The maximum absolute atomic E-state index is 13.0. The number of ether oxygens (including phenoxy) is 6. The molecule has 2 aliphatic rings. The van der Waals surface area contributed by atoms with E-state index in [9.17, 15) is 55.5 Å². The van der Waals surface area contributed by atoms with Crippen LogP contribution in [0, 0.1) is 0 Å². The average Bonchev–Trinajstić information content (AvgIpc) is 3.04. The van der Waals surface area contributed by atoms with Crippen LogP contribution < -0.4 is 0 Å². The fourth-order valence-corrected chi connectivity index (χ4v) is 5.07. The summed E-state index contributed by atoms with van der Waals surface area (Å²) in [5.41, 5.74) is 0.415. The van der Waals surface area contributed by atoms with Gasteiger partial charge in [0, 0.05) is 13.0 Å². The lowest BCUT2D eigenvalue weighted by molar-refractivity contribution is -0.359. The Bertz CT molecular complexity index is 1450. The summed E-state index contributed by atoms with van der Waals surface area (Å²) in [6.45, 7) is 1.03. The molecule has 2 aromatic rings. The summed E-state index contributed by atoms with van der Waals surface area (Å²) in [6, 6.07) is 7.27. The average molecular weight is 683 g/mol. The van der Waals surface area contributed by atoms with Crippen LogP contribution in [0.4, 0.5) is 0 Å². The first-order valence-corrected chi connectivity index (χ1v) is 14.7. The summed E-state index contributed by atoms with van der Waals surface area (Å²) in [4.78, 5) is 25.3. The van der Waals surface area contributed by atoms with Crippen molar-refractivity contribution in [1.82, 2.24) is 0 Å². The first-order valence-electron chi connectivity index (χ1n) is 14.7. The Balaban J connectivity index is 1.64. The highest BCUT2D eigenvalue weighted by Gasteiger charge is 2.54. The molecule has 9 N–H and O–H groups in total. The second kappa shape index (κ2) is 15.9. The van der Waals surface area contributed by atoms with Crippen molar-refractivity contribution in [1.29, 1.82) is 0 Å². The van der Waals surface area contributed by atoms with Crippen LogP contribution in [0.2, 0.25) is 0 Å². The molecule has 4 rings (SSSR count).